The molecule has 0 radical (unpaired) electrons. The first-order valence-corrected chi connectivity index (χ1v) is 10.0. The number of nitrogens with one attached hydrogen (secondary N) is 3. The zero-order valence-corrected chi connectivity index (χ0v) is 18.7. The van der Waals surface area contributed by atoms with Crippen molar-refractivity contribution in [1.82, 2.24) is 15.4 Å². The zero-order valence-electron chi connectivity index (χ0n) is 15.6. The Bertz CT molecular complexity index is 430. The van der Waals surface area contributed by atoms with Crippen LogP contribution in [0, 0.1) is 5.92 Å². The van der Waals surface area contributed by atoms with E-state index in [9.17, 15) is 8.42 Å². The van der Waals surface area contributed by atoms with Crippen molar-refractivity contribution in [3.63, 3.8) is 0 Å². The lowest BCUT2D eigenvalue weighted by atomic mass is 10.0. The molecule has 146 valence electrons. The molecule has 0 saturated carbocycles. The highest BCUT2D eigenvalue weighted by Crippen LogP contribution is 2.09. The van der Waals surface area contributed by atoms with E-state index in [1.807, 2.05) is 6.92 Å². The van der Waals surface area contributed by atoms with Crippen LogP contribution in [0.1, 0.15) is 40.5 Å². The summed E-state index contributed by atoms with van der Waals surface area (Å²) in [4.78, 5) is 4.15. The van der Waals surface area contributed by atoms with Gasteiger partial charge in [0.15, 0.2) is 5.96 Å². The second-order valence-corrected chi connectivity index (χ2v) is 7.70. The van der Waals surface area contributed by atoms with E-state index in [-0.39, 0.29) is 35.8 Å². The van der Waals surface area contributed by atoms with Crippen molar-refractivity contribution in [2.45, 2.75) is 46.6 Å². The summed E-state index contributed by atoms with van der Waals surface area (Å²) in [5.41, 5.74) is 0. The third-order valence-corrected chi connectivity index (χ3v) is 4.82. The maximum Gasteiger partial charge on any atom is 0.211 e. The molecule has 0 bridgehead atoms. The van der Waals surface area contributed by atoms with Crippen LogP contribution in [0.25, 0.3) is 0 Å². The molecule has 0 aromatic carbocycles. The van der Waals surface area contributed by atoms with Crippen molar-refractivity contribution >= 4 is 40.0 Å². The summed E-state index contributed by atoms with van der Waals surface area (Å²) in [6.45, 7) is 10.5. The van der Waals surface area contributed by atoms with Crippen molar-refractivity contribution in [3.8, 4) is 0 Å². The minimum absolute atomic E-state index is 0. The van der Waals surface area contributed by atoms with Gasteiger partial charge in [0.1, 0.15) is 0 Å². The van der Waals surface area contributed by atoms with Crippen LogP contribution < -0.4 is 15.4 Å². The van der Waals surface area contributed by atoms with Crippen molar-refractivity contribution in [1.29, 1.82) is 0 Å². The van der Waals surface area contributed by atoms with Gasteiger partial charge in [-0.05, 0) is 32.6 Å². The molecule has 9 heteroatoms. The smallest absolute Gasteiger partial charge is 0.211 e. The fourth-order valence-electron chi connectivity index (χ4n) is 2.00. The highest BCUT2D eigenvalue weighted by atomic mass is 127. The number of aliphatic imine (C=N–C) groups is 1. The van der Waals surface area contributed by atoms with Crippen molar-refractivity contribution < 1.29 is 13.2 Å². The van der Waals surface area contributed by atoms with E-state index < -0.39 is 10.0 Å². The average molecular weight is 478 g/mol. The summed E-state index contributed by atoms with van der Waals surface area (Å²) >= 11 is 0. The molecule has 0 fully saturated rings. The summed E-state index contributed by atoms with van der Waals surface area (Å²) in [5, 5.41) is 6.42. The molecular weight excluding hydrogens is 443 g/mol. The van der Waals surface area contributed by atoms with E-state index in [2.05, 4.69) is 34.2 Å². The monoisotopic (exact) mass is 478 g/mol. The Morgan fingerprint density at radius 3 is 2.25 bits per heavy atom. The summed E-state index contributed by atoms with van der Waals surface area (Å²) in [6.07, 6.45) is 1.87. The van der Waals surface area contributed by atoms with E-state index >= 15 is 0 Å². The van der Waals surface area contributed by atoms with Gasteiger partial charge in [-0.2, -0.15) is 0 Å². The Labute approximate surface area is 164 Å². The van der Waals surface area contributed by atoms with Gasteiger partial charge in [-0.1, -0.05) is 13.8 Å². The molecule has 0 aliphatic rings. The summed E-state index contributed by atoms with van der Waals surface area (Å²) in [7, 11) is -1.38. The fourth-order valence-corrected chi connectivity index (χ4v) is 2.66. The Hall–Kier alpha value is -0.130. The van der Waals surface area contributed by atoms with E-state index in [1.165, 1.54) is 0 Å². The molecule has 1 atom stereocenters. The quantitative estimate of drug-likeness (QED) is 0.171. The topological polar surface area (TPSA) is 91.8 Å². The third kappa shape index (κ3) is 13.2. The molecule has 0 aliphatic heterocycles. The van der Waals surface area contributed by atoms with Crippen molar-refractivity contribution in [2.75, 3.05) is 39.0 Å². The van der Waals surface area contributed by atoms with Gasteiger partial charge in [0.05, 0.1) is 11.9 Å². The van der Waals surface area contributed by atoms with Gasteiger partial charge in [0, 0.05) is 33.3 Å². The molecular formula is C15H35IN4O3S. The number of hydrogen-bond donors (Lipinski definition) is 3. The standard InChI is InChI=1S/C15H34N4O3S.HI/c1-6-22-14(13(3)4)9-12-18-15(16-5)17-10-8-11-19-23(20,21)7-2;/h13-14,19H,6-12H2,1-5H3,(H2,16,17,18);1H. The molecule has 0 aromatic heterocycles. The molecule has 1 unspecified atom stereocenters. The second kappa shape index (κ2) is 15.2. The van der Waals surface area contributed by atoms with Crippen LogP contribution in [0.15, 0.2) is 4.99 Å². The average Bonchev–Trinajstić information content (AvgIpc) is 2.51. The summed E-state index contributed by atoms with van der Waals surface area (Å²) in [5.74, 6) is 1.32. The lowest BCUT2D eigenvalue weighted by Crippen LogP contribution is -2.40. The molecule has 0 amide bonds. The van der Waals surface area contributed by atoms with E-state index in [1.54, 1.807) is 14.0 Å². The lowest BCUT2D eigenvalue weighted by molar-refractivity contribution is 0.0258. The number of sulfonamides is 1. The van der Waals surface area contributed by atoms with E-state index in [4.69, 9.17) is 4.74 Å². The van der Waals surface area contributed by atoms with Gasteiger partial charge in [-0.15, -0.1) is 24.0 Å². The van der Waals surface area contributed by atoms with Crippen LogP contribution in [0.4, 0.5) is 0 Å². The van der Waals surface area contributed by atoms with Gasteiger partial charge in [0.25, 0.3) is 0 Å². The molecule has 0 aliphatic carbocycles. The predicted molar refractivity (Wildman–Crippen MR) is 112 cm³/mol. The Balaban J connectivity index is 0. The predicted octanol–water partition coefficient (Wildman–Crippen LogP) is 1.55. The van der Waals surface area contributed by atoms with Crippen LogP contribution in [-0.4, -0.2) is 59.5 Å². The number of hydrogen-bond acceptors (Lipinski definition) is 4. The van der Waals surface area contributed by atoms with Gasteiger partial charge in [0.2, 0.25) is 10.0 Å². The zero-order chi connectivity index (χ0) is 17.7. The van der Waals surface area contributed by atoms with Crippen molar-refractivity contribution in [3.05, 3.63) is 0 Å². The maximum atomic E-state index is 11.3. The minimum Gasteiger partial charge on any atom is -0.378 e. The van der Waals surface area contributed by atoms with Gasteiger partial charge in [-0.3, -0.25) is 4.99 Å². The lowest BCUT2D eigenvalue weighted by Gasteiger charge is -2.21. The van der Waals surface area contributed by atoms with Crippen LogP contribution in [-0.2, 0) is 14.8 Å². The van der Waals surface area contributed by atoms with Crippen LogP contribution in [0.5, 0.6) is 0 Å². The number of rotatable bonds is 12. The highest BCUT2D eigenvalue weighted by Gasteiger charge is 2.12. The normalized spacial score (nSPS) is 13.5. The number of halogens is 1. The van der Waals surface area contributed by atoms with Gasteiger partial charge >= 0.3 is 0 Å². The molecule has 0 aromatic rings. The number of ether oxygens (including phenoxy) is 1. The van der Waals surface area contributed by atoms with Gasteiger partial charge in [-0.25, -0.2) is 13.1 Å². The first-order valence-electron chi connectivity index (χ1n) is 8.39. The summed E-state index contributed by atoms with van der Waals surface area (Å²) < 4.78 is 30.8. The second-order valence-electron chi connectivity index (χ2n) is 5.60. The first kappa shape index (κ1) is 26.1. The summed E-state index contributed by atoms with van der Waals surface area (Å²) in [6, 6.07) is 0. The van der Waals surface area contributed by atoms with Crippen LogP contribution in [0.2, 0.25) is 0 Å². The molecule has 7 nitrogen and oxygen atoms in total. The SMILES string of the molecule is CCOC(CCNC(=NC)NCCCNS(=O)(=O)CC)C(C)C.I. The molecule has 0 heterocycles. The highest BCUT2D eigenvalue weighted by molar-refractivity contribution is 14.0. The number of guanidine groups is 1. The van der Waals surface area contributed by atoms with Crippen LogP contribution in [0.3, 0.4) is 0 Å². The van der Waals surface area contributed by atoms with E-state index in [0.29, 0.717) is 25.4 Å². The largest absolute Gasteiger partial charge is 0.378 e. The van der Waals surface area contributed by atoms with Crippen molar-refractivity contribution in [2.24, 2.45) is 10.9 Å². The molecule has 3 N–H and O–H groups in total. The maximum absolute atomic E-state index is 11.3. The number of nitrogens with zero attached hydrogens (tertiary/aromatic N) is 1. The Morgan fingerprint density at radius 1 is 1.12 bits per heavy atom. The Morgan fingerprint density at radius 2 is 1.75 bits per heavy atom. The minimum atomic E-state index is -3.10. The molecule has 0 saturated heterocycles. The molecule has 0 rings (SSSR count). The fraction of sp³-hybridized carbons (Fsp3) is 0.933. The third-order valence-electron chi connectivity index (χ3n) is 3.42. The molecule has 24 heavy (non-hydrogen) atoms. The molecule has 0 spiro atoms. The Kier molecular flexibility index (Phi) is 16.5. The van der Waals surface area contributed by atoms with Gasteiger partial charge < -0.3 is 15.4 Å². The first-order chi connectivity index (χ1) is 10.9. The van der Waals surface area contributed by atoms with Crippen LogP contribution >= 0.6 is 24.0 Å². The van der Waals surface area contributed by atoms with E-state index in [0.717, 1.165) is 25.5 Å².